The molecule has 150 valence electrons. The topological polar surface area (TPSA) is 81.9 Å². The summed E-state index contributed by atoms with van der Waals surface area (Å²) < 4.78 is 7.04. The van der Waals surface area contributed by atoms with E-state index in [1.54, 1.807) is 37.6 Å². The lowest BCUT2D eigenvalue weighted by Gasteiger charge is -2.10. The standard InChI is InChI=1S/C22H19N5O2S/c1-29-18-12-10-16(11-13-18)24-20(28)15-30-22-26-25-21(19-9-5-6-14-23-19)27(22)17-7-3-2-4-8-17/h2-14H,15H2,1H3,(H,24,28). The number of amides is 1. The summed E-state index contributed by atoms with van der Waals surface area (Å²) >= 11 is 1.32. The van der Waals surface area contributed by atoms with Crippen LogP contribution in [0.3, 0.4) is 0 Å². The van der Waals surface area contributed by atoms with Crippen LogP contribution in [0.2, 0.25) is 0 Å². The molecule has 8 heteroatoms. The van der Waals surface area contributed by atoms with Crippen LogP contribution in [0.5, 0.6) is 5.75 Å². The van der Waals surface area contributed by atoms with E-state index in [-0.39, 0.29) is 11.7 Å². The van der Waals surface area contributed by atoms with Crippen LogP contribution in [0.25, 0.3) is 17.2 Å². The fourth-order valence-electron chi connectivity index (χ4n) is 2.84. The molecule has 0 bridgehead atoms. The van der Waals surface area contributed by atoms with E-state index < -0.39 is 0 Å². The smallest absolute Gasteiger partial charge is 0.234 e. The van der Waals surface area contributed by atoms with Crippen LogP contribution in [0, 0.1) is 0 Å². The second-order valence-electron chi connectivity index (χ2n) is 6.26. The molecule has 4 aromatic rings. The maximum atomic E-state index is 12.4. The van der Waals surface area contributed by atoms with Gasteiger partial charge in [-0.05, 0) is 48.5 Å². The molecule has 0 radical (unpaired) electrons. The van der Waals surface area contributed by atoms with Gasteiger partial charge in [-0.3, -0.25) is 14.3 Å². The van der Waals surface area contributed by atoms with Crippen LogP contribution in [-0.4, -0.2) is 38.5 Å². The summed E-state index contributed by atoms with van der Waals surface area (Å²) in [6, 6.07) is 22.6. The van der Waals surface area contributed by atoms with Crippen molar-refractivity contribution >= 4 is 23.4 Å². The molecule has 0 fully saturated rings. The van der Waals surface area contributed by atoms with Gasteiger partial charge < -0.3 is 10.1 Å². The number of rotatable bonds is 7. The van der Waals surface area contributed by atoms with E-state index in [2.05, 4.69) is 20.5 Å². The SMILES string of the molecule is COc1ccc(NC(=O)CSc2nnc(-c3ccccn3)n2-c2ccccc2)cc1. The average Bonchev–Trinajstić information content (AvgIpc) is 3.23. The second-order valence-corrected chi connectivity index (χ2v) is 7.20. The molecule has 0 saturated heterocycles. The molecule has 0 atom stereocenters. The number of carbonyl (C=O) groups excluding carboxylic acids is 1. The summed E-state index contributed by atoms with van der Waals surface area (Å²) in [5, 5.41) is 12.1. The third-order valence-electron chi connectivity index (χ3n) is 4.25. The number of ether oxygens (including phenoxy) is 1. The minimum absolute atomic E-state index is 0.132. The molecule has 30 heavy (non-hydrogen) atoms. The van der Waals surface area contributed by atoms with Gasteiger partial charge in [0.05, 0.1) is 12.9 Å². The van der Waals surface area contributed by atoms with Gasteiger partial charge in [0.15, 0.2) is 11.0 Å². The van der Waals surface area contributed by atoms with Crippen molar-refractivity contribution in [3.63, 3.8) is 0 Å². The Bertz CT molecular complexity index is 1120. The van der Waals surface area contributed by atoms with Gasteiger partial charge in [0.1, 0.15) is 11.4 Å². The Morgan fingerprint density at radius 2 is 1.77 bits per heavy atom. The fraction of sp³-hybridized carbons (Fsp3) is 0.0909. The summed E-state index contributed by atoms with van der Waals surface area (Å²) in [5.41, 5.74) is 2.32. The number of hydrogen-bond donors (Lipinski definition) is 1. The van der Waals surface area contributed by atoms with Crippen LogP contribution in [0.4, 0.5) is 5.69 Å². The fourth-order valence-corrected chi connectivity index (χ4v) is 3.59. The van der Waals surface area contributed by atoms with E-state index in [4.69, 9.17) is 4.74 Å². The molecule has 0 spiro atoms. The summed E-state index contributed by atoms with van der Waals surface area (Å²) in [5.74, 6) is 1.42. The van der Waals surface area contributed by atoms with Crippen LogP contribution in [0.1, 0.15) is 0 Å². The van der Waals surface area contributed by atoms with Gasteiger partial charge in [0.2, 0.25) is 5.91 Å². The first-order chi connectivity index (χ1) is 14.7. The van der Waals surface area contributed by atoms with E-state index in [1.807, 2.05) is 53.1 Å². The third kappa shape index (κ3) is 4.49. The van der Waals surface area contributed by atoms with Gasteiger partial charge in [0, 0.05) is 17.6 Å². The number of nitrogens with one attached hydrogen (secondary N) is 1. The van der Waals surface area contributed by atoms with Crippen molar-refractivity contribution in [2.75, 3.05) is 18.2 Å². The van der Waals surface area contributed by atoms with Gasteiger partial charge in [-0.25, -0.2) is 0 Å². The van der Waals surface area contributed by atoms with Gasteiger partial charge in [-0.15, -0.1) is 10.2 Å². The van der Waals surface area contributed by atoms with E-state index in [1.165, 1.54) is 11.8 Å². The van der Waals surface area contributed by atoms with Crippen molar-refractivity contribution in [3.05, 3.63) is 79.0 Å². The molecular weight excluding hydrogens is 398 g/mol. The molecule has 4 rings (SSSR count). The summed E-state index contributed by atoms with van der Waals surface area (Å²) in [6.07, 6.45) is 1.72. The Labute approximate surface area is 178 Å². The maximum absolute atomic E-state index is 12.4. The molecule has 7 nitrogen and oxygen atoms in total. The van der Waals surface area contributed by atoms with Crippen molar-refractivity contribution < 1.29 is 9.53 Å². The molecule has 1 amide bonds. The number of hydrogen-bond acceptors (Lipinski definition) is 6. The Kier molecular flexibility index (Phi) is 6.05. The maximum Gasteiger partial charge on any atom is 0.234 e. The highest BCUT2D eigenvalue weighted by atomic mass is 32.2. The Morgan fingerprint density at radius 1 is 1.00 bits per heavy atom. The lowest BCUT2D eigenvalue weighted by molar-refractivity contribution is -0.113. The zero-order valence-corrected chi connectivity index (χ0v) is 17.0. The Balaban J connectivity index is 1.54. The number of aromatic nitrogens is 4. The molecule has 0 aliphatic rings. The van der Waals surface area contributed by atoms with Crippen molar-refractivity contribution in [3.8, 4) is 23.0 Å². The summed E-state index contributed by atoms with van der Waals surface area (Å²) in [7, 11) is 1.60. The zero-order chi connectivity index (χ0) is 20.8. The number of thioether (sulfide) groups is 1. The molecule has 0 aliphatic heterocycles. The van der Waals surface area contributed by atoms with Crippen LogP contribution >= 0.6 is 11.8 Å². The predicted octanol–water partition coefficient (Wildman–Crippen LogP) is 4.07. The summed E-state index contributed by atoms with van der Waals surface area (Å²) in [4.78, 5) is 16.8. The largest absolute Gasteiger partial charge is 0.497 e. The van der Waals surface area contributed by atoms with E-state index in [9.17, 15) is 4.79 Å². The predicted molar refractivity (Wildman–Crippen MR) is 117 cm³/mol. The summed E-state index contributed by atoms with van der Waals surface area (Å²) in [6.45, 7) is 0. The number of nitrogens with zero attached hydrogens (tertiary/aromatic N) is 4. The molecule has 2 aromatic carbocycles. The van der Waals surface area contributed by atoms with E-state index in [0.717, 1.165) is 11.4 Å². The first-order valence-electron chi connectivity index (χ1n) is 9.23. The highest BCUT2D eigenvalue weighted by Gasteiger charge is 2.18. The third-order valence-corrected chi connectivity index (χ3v) is 5.18. The highest BCUT2D eigenvalue weighted by molar-refractivity contribution is 7.99. The van der Waals surface area contributed by atoms with Crippen molar-refractivity contribution in [2.45, 2.75) is 5.16 Å². The minimum Gasteiger partial charge on any atom is -0.497 e. The van der Waals surface area contributed by atoms with Gasteiger partial charge in [0.25, 0.3) is 0 Å². The Hall–Kier alpha value is -3.65. The first kappa shape index (κ1) is 19.7. The lowest BCUT2D eigenvalue weighted by atomic mass is 10.3. The van der Waals surface area contributed by atoms with Crippen molar-refractivity contribution in [2.24, 2.45) is 0 Å². The molecule has 1 N–H and O–H groups in total. The number of pyridine rings is 1. The molecule has 0 unspecified atom stereocenters. The van der Waals surface area contributed by atoms with E-state index in [0.29, 0.717) is 22.4 Å². The van der Waals surface area contributed by atoms with E-state index >= 15 is 0 Å². The second kappa shape index (κ2) is 9.23. The van der Waals surface area contributed by atoms with Gasteiger partial charge >= 0.3 is 0 Å². The average molecular weight is 417 g/mol. The number of anilines is 1. The minimum atomic E-state index is -0.132. The van der Waals surface area contributed by atoms with Crippen LogP contribution < -0.4 is 10.1 Å². The number of methoxy groups -OCH3 is 1. The molecule has 0 aliphatic carbocycles. The molecule has 0 saturated carbocycles. The number of benzene rings is 2. The van der Waals surface area contributed by atoms with Crippen LogP contribution in [0.15, 0.2) is 84.1 Å². The monoisotopic (exact) mass is 417 g/mol. The lowest BCUT2D eigenvalue weighted by Crippen LogP contribution is -2.14. The van der Waals surface area contributed by atoms with Gasteiger partial charge in [-0.1, -0.05) is 36.0 Å². The van der Waals surface area contributed by atoms with Crippen molar-refractivity contribution in [1.82, 2.24) is 19.7 Å². The van der Waals surface area contributed by atoms with Crippen LogP contribution in [-0.2, 0) is 4.79 Å². The first-order valence-corrected chi connectivity index (χ1v) is 10.2. The quantitative estimate of drug-likeness (QED) is 0.457. The Morgan fingerprint density at radius 3 is 2.47 bits per heavy atom. The number of carbonyl (C=O) groups is 1. The number of para-hydroxylation sites is 1. The van der Waals surface area contributed by atoms with Gasteiger partial charge in [-0.2, -0.15) is 0 Å². The zero-order valence-electron chi connectivity index (χ0n) is 16.2. The normalized spacial score (nSPS) is 10.6. The molecular formula is C22H19N5O2S. The molecule has 2 heterocycles. The highest BCUT2D eigenvalue weighted by Crippen LogP contribution is 2.27. The van der Waals surface area contributed by atoms with Crippen molar-refractivity contribution in [1.29, 1.82) is 0 Å². The molecule has 2 aromatic heterocycles.